The monoisotopic (exact) mass is 443 g/mol. The molecule has 0 saturated carbocycles. The number of nitrogens with one attached hydrogen (secondary N) is 1. The Labute approximate surface area is 193 Å². The molecule has 5 rings (SSSR count). The third-order valence-corrected chi connectivity index (χ3v) is 6.53. The van der Waals surface area contributed by atoms with E-state index >= 15 is 0 Å². The van der Waals surface area contributed by atoms with E-state index in [1.165, 1.54) is 42.6 Å². The first-order valence-corrected chi connectivity index (χ1v) is 11.6. The van der Waals surface area contributed by atoms with Gasteiger partial charge in [-0.15, -0.1) is 0 Å². The number of amides is 1. The Morgan fingerprint density at radius 1 is 0.969 bits per heavy atom. The largest absolute Gasteiger partial charge is 0.321 e. The summed E-state index contributed by atoms with van der Waals surface area (Å²) in [6.07, 6.45) is 8.82. The molecule has 0 unspecified atom stereocenters. The van der Waals surface area contributed by atoms with E-state index in [0.717, 1.165) is 36.2 Å². The van der Waals surface area contributed by atoms with Gasteiger partial charge in [0, 0.05) is 29.0 Å². The molecule has 2 aromatic carbocycles. The van der Waals surface area contributed by atoms with Crippen molar-refractivity contribution < 1.29 is 4.79 Å². The zero-order valence-electron chi connectivity index (χ0n) is 18.0. The average Bonchev–Trinajstić information content (AvgIpc) is 3.33. The smallest absolute Gasteiger partial charge is 0.274 e. The Morgan fingerprint density at radius 2 is 1.75 bits per heavy atom. The maximum absolute atomic E-state index is 12.7. The summed E-state index contributed by atoms with van der Waals surface area (Å²) in [5.41, 5.74) is 7.25. The fraction of sp³-hybridized carbons (Fsp3) is 0.259. The third-order valence-electron chi connectivity index (χ3n) is 6.27. The van der Waals surface area contributed by atoms with Crippen LogP contribution in [0.15, 0.2) is 66.4 Å². The number of pyridine rings is 1. The Hall–Kier alpha value is -2.95. The second-order valence-electron chi connectivity index (χ2n) is 8.59. The van der Waals surface area contributed by atoms with E-state index in [9.17, 15) is 4.79 Å². The van der Waals surface area contributed by atoms with Crippen LogP contribution in [0.4, 0.5) is 5.69 Å². The van der Waals surface area contributed by atoms with Crippen LogP contribution in [-0.2, 0) is 6.42 Å². The first kappa shape index (κ1) is 20.9. The normalized spacial score (nSPS) is 15.8. The lowest BCUT2D eigenvalue weighted by atomic mass is 9.91. The Kier molecular flexibility index (Phi) is 6.06. The molecule has 0 radical (unpaired) electrons. The van der Waals surface area contributed by atoms with Crippen molar-refractivity contribution in [2.45, 2.75) is 25.7 Å². The number of anilines is 1. The highest BCUT2D eigenvalue weighted by molar-refractivity contribution is 6.30. The van der Waals surface area contributed by atoms with Gasteiger partial charge in [-0.2, -0.15) is 0 Å². The number of carbonyl (C=O) groups is 1. The lowest BCUT2D eigenvalue weighted by Gasteiger charge is -2.22. The summed E-state index contributed by atoms with van der Waals surface area (Å²) in [7, 11) is 0. The number of likely N-dealkylation sites (tertiary alicyclic amines) is 1. The van der Waals surface area contributed by atoms with Crippen molar-refractivity contribution in [3.05, 3.63) is 88.2 Å². The van der Waals surface area contributed by atoms with Gasteiger partial charge >= 0.3 is 0 Å². The lowest BCUT2D eigenvalue weighted by Crippen LogP contribution is -2.23. The second-order valence-corrected chi connectivity index (χ2v) is 9.03. The van der Waals surface area contributed by atoms with Crippen LogP contribution in [0.1, 0.15) is 40.9 Å². The van der Waals surface area contributed by atoms with Crippen LogP contribution in [0.25, 0.3) is 17.2 Å². The number of benzene rings is 2. The fourth-order valence-electron chi connectivity index (χ4n) is 4.52. The molecular formula is C27H26ClN3O. The van der Waals surface area contributed by atoms with Crippen LogP contribution in [0.3, 0.4) is 0 Å². The van der Waals surface area contributed by atoms with Gasteiger partial charge in [0.15, 0.2) is 0 Å². The second kappa shape index (κ2) is 9.27. The predicted molar refractivity (Wildman–Crippen MR) is 131 cm³/mol. The van der Waals surface area contributed by atoms with Gasteiger partial charge in [-0.3, -0.25) is 14.7 Å². The van der Waals surface area contributed by atoms with E-state index in [1.807, 2.05) is 36.4 Å². The first-order valence-electron chi connectivity index (χ1n) is 11.2. The van der Waals surface area contributed by atoms with Gasteiger partial charge in [-0.1, -0.05) is 47.5 Å². The van der Waals surface area contributed by atoms with Crippen LogP contribution in [0.5, 0.6) is 0 Å². The maximum Gasteiger partial charge on any atom is 0.274 e. The van der Waals surface area contributed by atoms with Crippen LogP contribution in [-0.4, -0.2) is 35.4 Å². The number of rotatable bonds is 5. The van der Waals surface area contributed by atoms with Crippen molar-refractivity contribution in [1.29, 1.82) is 0 Å². The maximum atomic E-state index is 12.7. The Bertz CT molecular complexity index is 1150. The Morgan fingerprint density at radius 3 is 2.50 bits per heavy atom. The molecule has 0 bridgehead atoms. The van der Waals surface area contributed by atoms with Crippen LogP contribution in [0.2, 0.25) is 5.02 Å². The van der Waals surface area contributed by atoms with E-state index in [4.69, 9.17) is 11.6 Å². The molecule has 1 N–H and O–H groups in total. The van der Waals surface area contributed by atoms with Crippen molar-refractivity contribution in [3.8, 4) is 11.1 Å². The minimum absolute atomic E-state index is 0.200. The summed E-state index contributed by atoms with van der Waals surface area (Å²) >= 11 is 5.95. The van der Waals surface area contributed by atoms with Crippen molar-refractivity contribution in [3.63, 3.8) is 0 Å². The van der Waals surface area contributed by atoms with Gasteiger partial charge in [-0.05, 0) is 85.8 Å². The van der Waals surface area contributed by atoms with Gasteiger partial charge in [0.1, 0.15) is 5.69 Å². The third kappa shape index (κ3) is 4.77. The SMILES string of the molecule is O=C(Nc1ccc2c(c1)CCC(CN1CCCC1)=C2)c1ccc(-c2ccc(Cl)cc2)cn1. The molecular weight excluding hydrogens is 418 g/mol. The predicted octanol–water partition coefficient (Wildman–Crippen LogP) is 6.08. The molecule has 4 nitrogen and oxygen atoms in total. The molecule has 1 saturated heterocycles. The van der Waals surface area contributed by atoms with Gasteiger partial charge in [-0.25, -0.2) is 0 Å². The highest BCUT2D eigenvalue weighted by atomic mass is 35.5. The number of fused-ring (bicyclic) bond motifs is 1. The summed E-state index contributed by atoms with van der Waals surface area (Å²) in [6, 6.07) is 17.4. The average molecular weight is 444 g/mol. The number of halogens is 1. The zero-order chi connectivity index (χ0) is 21.9. The van der Waals surface area contributed by atoms with Crippen LogP contribution < -0.4 is 5.32 Å². The summed E-state index contributed by atoms with van der Waals surface area (Å²) in [4.78, 5) is 19.6. The fourth-order valence-corrected chi connectivity index (χ4v) is 4.64. The number of aryl methyl sites for hydroxylation is 1. The number of hydrogen-bond acceptors (Lipinski definition) is 3. The van der Waals surface area contributed by atoms with E-state index < -0.39 is 0 Å². The number of aromatic nitrogens is 1. The van der Waals surface area contributed by atoms with Crippen molar-refractivity contribution in [2.24, 2.45) is 0 Å². The van der Waals surface area contributed by atoms with E-state index in [-0.39, 0.29) is 5.91 Å². The molecule has 32 heavy (non-hydrogen) atoms. The molecule has 0 spiro atoms. The highest BCUT2D eigenvalue weighted by Crippen LogP contribution is 2.28. The topological polar surface area (TPSA) is 45.2 Å². The lowest BCUT2D eigenvalue weighted by molar-refractivity contribution is 0.102. The number of nitrogens with zero attached hydrogens (tertiary/aromatic N) is 2. The standard InChI is InChI=1S/C27H26ClN3O/c28-24-9-5-20(6-10-24)23-8-12-26(29-17-23)27(32)30-25-11-7-21-15-19(3-4-22(21)16-25)18-31-13-1-2-14-31/h5-12,15-17H,1-4,13-14,18H2,(H,30,32). The summed E-state index contributed by atoms with van der Waals surface area (Å²) < 4.78 is 0. The van der Waals surface area contributed by atoms with Crippen molar-refractivity contribution >= 4 is 29.3 Å². The molecule has 2 heterocycles. The quantitative estimate of drug-likeness (QED) is 0.519. The van der Waals surface area contributed by atoms with Crippen LogP contribution >= 0.6 is 11.6 Å². The van der Waals surface area contributed by atoms with Crippen LogP contribution in [0, 0.1) is 0 Å². The number of carbonyl (C=O) groups excluding carboxylic acids is 1. The molecule has 1 aromatic heterocycles. The molecule has 1 amide bonds. The van der Waals surface area contributed by atoms with Crippen molar-refractivity contribution in [1.82, 2.24) is 9.88 Å². The van der Waals surface area contributed by atoms with Gasteiger partial charge in [0.25, 0.3) is 5.91 Å². The first-order chi connectivity index (χ1) is 15.6. The van der Waals surface area contributed by atoms with E-state index in [1.54, 1.807) is 12.3 Å². The van der Waals surface area contributed by atoms with E-state index in [0.29, 0.717) is 10.7 Å². The van der Waals surface area contributed by atoms with Gasteiger partial charge in [0.2, 0.25) is 0 Å². The zero-order valence-corrected chi connectivity index (χ0v) is 18.7. The highest BCUT2D eigenvalue weighted by Gasteiger charge is 2.17. The van der Waals surface area contributed by atoms with E-state index in [2.05, 4.69) is 33.4 Å². The summed E-state index contributed by atoms with van der Waals surface area (Å²) in [5.74, 6) is -0.200. The van der Waals surface area contributed by atoms with Crippen molar-refractivity contribution in [2.75, 3.05) is 25.0 Å². The molecule has 2 aliphatic rings. The molecule has 162 valence electrons. The molecule has 0 atom stereocenters. The molecule has 1 fully saturated rings. The minimum Gasteiger partial charge on any atom is -0.321 e. The molecule has 1 aliphatic heterocycles. The summed E-state index contributed by atoms with van der Waals surface area (Å²) in [6.45, 7) is 3.55. The minimum atomic E-state index is -0.200. The van der Waals surface area contributed by atoms with Gasteiger partial charge < -0.3 is 5.32 Å². The Balaban J connectivity index is 1.25. The molecule has 5 heteroatoms. The summed E-state index contributed by atoms with van der Waals surface area (Å²) in [5, 5.41) is 3.69. The molecule has 3 aromatic rings. The number of hydrogen-bond donors (Lipinski definition) is 1. The molecule has 1 aliphatic carbocycles. The van der Waals surface area contributed by atoms with Gasteiger partial charge in [0.05, 0.1) is 0 Å².